The van der Waals surface area contributed by atoms with Crippen molar-refractivity contribution in [3.05, 3.63) is 6.07 Å². The fourth-order valence-electron chi connectivity index (χ4n) is 2.03. The topological polar surface area (TPSA) is 67.1 Å². The summed E-state index contributed by atoms with van der Waals surface area (Å²) in [5.41, 5.74) is 5.80. The monoisotopic (exact) mass is 265 g/mol. The van der Waals surface area contributed by atoms with Crippen molar-refractivity contribution >= 4 is 17.6 Å². The molecule has 108 valence electrons. The molecule has 0 amide bonds. The summed E-state index contributed by atoms with van der Waals surface area (Å²) in [6.45, 7) is 13.7. The van der Waals surface area contributed by atoms with E-state index in [2.05, 4.69) is 47.9 Å². The van der Waals surface area contributed by atoms with Gasteiger partial charge in [0.05, 0.1) is 0 Å². The summed E-state index contributed by atoms with van der Waals surface area (Å²) in [5, 5.41) is 3.19. The maximum Gasteiger partial charge on any atom is 0.223 e. The van der Waals surface area contributed by atoms with E-state index in [-0.39, 0.29) is 0 Å². The molecule has 19 heavy (non-hydrogen) atoms. The minimum absolute atomic E-state index is 0.325. The number of hydrogen-bond acceptors (Lipinski definition) is 5. The van der Waals surface area contributed by atoms with E-state index in [0.29, 0.717) is 17.8 Å². The molecule has 0 atom stereocenters. The van der Waals surface area contributed by atoms with Crippen molar-refractivity contribution in [2.45, 2.75) is 34.6 Å². The highest BCUT2D eigenvalue weighted by molar-refractivity contribution is 5.52. The van der Waals surface area contributed by atoms with E-state index in [4.69, 9.17) is 5.73 Å². The normalized spacial score (nSPS) is 11.1. The molecule has 0 radical (unpaired) electrons. The first-order valence-electron chi connectivity index (χ1n) is 7.05. The van der Waals surface area contributed by atoms with Crippen LogP contribution in [-0.4, -0.2) is 29.6 Å². The van der Waals surface area contributed by atoms with Crippen molar-refractivity contribution in [3.63, 3.8) is 0 Å². The van der Waals surface area contributed by atoms with E-state index in [1.165, 1.54) is 0 Å². The van der Waals surface area contributed by atoms with Gasteiger partial charge in [0.2, 0.25) is 5.95 Å². The first kappa shape index (κ1) is 15.5. The molecule has 5 nitrogen and oxygen atoms in total. The lowest BCUT2D eigenvalue weighted by Crippen LogP contribution is -2.32. The van der Waals surface area contributed by atoms with Crippen molar-refractivity contribution in [2.24, 2.45) is 11.8 Å². The summed E-state index contributed by atoms with van der Waals surface area (Å²) >= 11 is 0. The van der Waals surface area contributed by atoms with E-state index in [1.807, 2.05) is 13.0 Å². The zero-order valence-electron chi connectivity index (χ0n) is 12.8. The van der Waals surface area contributed by atoms with Crippen molar-refractivity contribution in [2.75, 3.05) is 35.6 Å². The van der Waals surface area contributed by atoms with Gasteiger partial charge in [-0.25, -0.2) is 0 Å². The third-order valence-electron chi connectivity index (χ3n) is 2.58. The lowest BCUT2D eigenvalue weighted by Gasteiger charge is -2.27. The van der Waals surface area contributed by atoms with Crippen molar-refractivity contribution in [1.82, 2.24) is 9.97 Å². The molecule has 0 unspecified atom stereocenters. The van der Waals surface area contributed by atoms with Gasteiger partial charge < -0.3 is 16.0 Å². The summed E-state index contributed by atoms with van der Waals surface area (Å²) in [5.74, 6) is 3.19. The van der Waals surface area contributed by atoms with Crippen LogP contribution in [0.25, 0.3) is 0 Å². The van der Waals surface area contributed by atoms with Crippen LogP contribution in [0.15, 0.2) is 6.07 Å². The van der Waals surface area contributed by atoms with E-state index in [0.717, 1.165) is 31.3 Å². The van der Waals surface area contributed by atoms with Gasteiger partial charge in [-0.1, -0.05) is 27.7 Å². The number of aromatic nitrogens is 2. The Morgan fingerprint density at radius 2 is 1.74 bits per heavy atom. The quantitative estimate of drug-likeness (QED) is 0.793. The Morgan fingerprint density at radius 1 is 1.16 bits per heavy atom. The Kier molecular flexibility index (Phi) is 5.86. The largest absolute Gasteiger partial charge is 0.370 e. The molecule has 0 fully saturated rings. The van der Waals surface area contributed by atoms with Crippen LogP contribution in [-0.2, 0) is 0 Å². The van der Waals surface area contributed by atoms with Gasteiger partial charge in [-0.3, -0.25) is 0 Å². The predicted octanol–water partition coefficient (Wildman–Crippen LogP) is 2.61. The van der Waals surface area contributed by atoms with Crippen molar-refractivity contribution in [3.8, 4) is 0 Å². The molecule has 1 aromatic rings. The third-order valence-corrected chi connectivity index (χ3v) is 2.58. The van der Waals surface area contributed by atoms with Gasteiger partial charge in [0, 0.05) is 25.7 Å². The highest BCUT2D eigenvalue weighted by Crippen LogP contribution is 2.19. The number of nitrogens with two attached hydrogens (primary N) is 1. The molecule has 0 bridgehead atoms. The fraction of sp³-hybridized carbons (Fsp3) is 0.714. The zero-order chi connectivity index (χ0) is 14.4. The van der Waals surface area contributed by atoms with Crippen LogP contribution in [0.5, 0.6) is 0 Å². The van der Waals surface area contributed by atoms with E-state index >= 15 is 0 Å². The van der Waals surface area contributed by atoms with Gasteiger partial charge >= 0.3 is 0 Å². The van der Waals surface area contributed by atoms with Crippen LogP contribution >= 0.6 is 0 Å². The van der Waals surface area contributed by atoms with Gasteiger partial charge in [-0.2, -0.15) is 9.97 Å². The Hall–Kier alpha value is -1.52. The van der Waals surface area contributed by atoms with Crippen LogP contribution in [0, 0.1) is 11.8 Å². The number of anilines is 3. The molecular formula is C14H27N5. The lowest BCUT2D eigenvalue weighted by atomic mass is 10.1. The minimum Gasteiger partial charge on any atom is -0.370 e. The highest BCUT2D eigenvalue weighted by atomic mass is 15.2. The van der Waals surface area contributed by atoms with Gasteiger partial charge in [-0.15, -0.1) is 0 Å². The maximum atomic E-state index is 5.80. The highest BCUT2D eigenvalue weighted by Gasteiger charge is 2.13. The van der Waals surface area contributed by atoms with Crippen LogP contribution in [0.2, 0.25) is 0 Å². The summed E-state index contributed by atoms with van der Waals surface area (Å²) in [6.07, 6.45) is 0. The Morgan fingerprint density at radius 3 is 2.21 bits per heavy atom. The van der Waals surface area contributed by atoms with Crippen LogP contribution < -0.4 is 16.0 Å². The Bertz CT molecular complexity index is 379. The summed E-state index contributed by atoms with van der Waals surface area (Å²) in [6, 6.07) is 1.98. The van der Waals surface area contributed by atoms with E-state index in [9.17, 15) is 0 Å². The van der Waals surface area contributed by atoms with Crippen molar-refractivity contribution < 1.29 is 0 Å². The average molecular weight is 265 g/mol. The van der Waals surface area contributed by atoms with Gasteiger partial charge in [0.25, 0.3) is 0 Å². The third kappa shape index (κ3) is 5.32. The smallest absolute Gasteiger partial charge is 0.223 e. The second kappa shape index (κ2) is 7.16. The molecular weight excluding hydrogens is 238 g/mol. The molecule has 0 saturated carbocycles. The van der Waals surface area contributed by atoms with Gasteiger partial charge in [-0.05, 0) is 18.8 Å². The molecule has 1 heterocycles. The molecule has 0 aliphatic heterocycles. The molecule has 1 aromatic heterocycles. The summed E-state index contributed by atoms with van der Waals surface area (Å²) in [4.78, 5) is 10.9. The maximum absolute atomic E-state index is 5.80. The number of nitrogens with one attached hydrogen (secondary N) is 1. The Balaban J connectivity index is 2.99. The number of hydrogen-bond donors (Lipinski definition) is 2. The molecule has 3 N–H and O–H groups in total. The molecule has 0 aromatic carbocycles. The molecule has 0 spiro atoms. The van der Waals surface area contributed by atoms with E-state index < -0.39 is 0 Å². The standard InChI is InChI=1S/C14H27N5/c1-6-16-12-7-13(18-14(15)17-12)19(8-10(2)3)9-11(4)5/h7,10-11H,6,8-9H2,1-5H3,(H3,15,16,17,18). The second-order valence-corrected chi connectivity index (χ2v) is 5.69. The minimum atomic E-state index is 0.325. The van der Waals surface area contributed by atoms with Crippen LogP contribution in [0.3, 0.4) is 0 Å². The number of nitrogen functional groups attached to an aromatic ring is 1. The lowest BCUT2D eigenvalue weighted by molar-refractivity contribution is 0.549. The molecule has 0 aliphatic carbocycles. The Labute approximate surface area is 116 Å². The number of nitrogens with zero attached hydrogens (tertiary/aromatic N) is 3. The number of rotatable bonds is 7. The fourth-order valence-corrected chi connectivity index (χ4v) is 2.03. The molecule has 5 heteroatoms. The molecule has 0 saturated heterocycles. The van der Waals surface area contributed by atoms with Crippen LogP contribution in [0.4, 0.5) is 17.6 Å². The zero-order valence-corrected chi connectivity index (χ0v) is 12.8. The SMILES string of the molecule is CCNc1cc(N(CC(C)C)CC(C)C)nc(N)n1. The van der Waals surface area contributed by atoms with Crippen molar-refractivity contribution in [1.29, 1.82) is 0 Å². The first-order chi connectivity index (χ1) is 8.92. The summed E-state index contributed by atoms with van der Waals surface area (Å²) < 4.78 is 0. The summed E-state index contributed by atoms with van der Waals surface area (Å²) in [7, 11) is 0. The second-order valence-electron chi connectivity index (χ2n) is 5.69. The predicted molar refractivity (Wildman–Crippen MR) is 82.5 cm³/mol. The van der Waals surface area contributed by atoms with Gasteiger partial charge in [0.1, 0.15) is 11.6 Å². The average Bonchev–Trinajstić information content (AvgIpc) is 2.26. The first-order valence-corrected chi connectivity index (χ1v) is 7.05. The molecule has 1 rings (SSSR count). The van der Waals surface area contributed by atoms with E-state index in [1.54, 1.807) is 0 Å². The molecule has 0 aliphatic rings. The van der Waals surface area contributed by atoms with Crippen LogP contribution in [0.1, 0.15) is 34.6 Å². The van der Waals surface area contributed by atoms with Gasteiger partial charge in [0.15, 0.2) is 0 Å².